The first-order chi connectivity index (χ1) is 8.65. The van der Waals surface area contributed by atoms with E-state index in [2.05, 4.69) is 24.9 Å². The number of hydrogen-bond donors (Lipinski definition) is 1. The summed E-state index contributed by atoms with van der Waals surface area (Å²) in [6, 6.07) is 8.01. The second-order valence-corrected chi connectivity index (χ2v) is 4.80. The fraction of sp³-hybridized carbons (Fsp3) is 0.571. The molecule has 0 aromatic heterocycles. The Kier molecular flexibility index (Phi) is 3.78. The summed E-state index contributed by atoms with van der Waals surface area (Å²) in [6.45, 7) is 3.42. The summed E-state index contributed by atoms with van der Waals surface area (Å²) in [4.78, 5) is 2.21. The highest BCUT2D eigenvalue weighted by atomic mass is 16.5. The van der Waals surface area contributed by atoms with Gasteiger partial charge in [-0.05, 0) is 25.5 Å². The second kappa shape index (κ2) is 5.16. The minimum atomic E-state index is -0.144. The lowest BCUT2D eigenvalue weighted by Crippen LogP contribution is -2.57. The van der Waals surface area contributed by atoms with Crippen LogP contribution in [-0.2, 0) is 4.74 Å². The van der Waals surface area contributed by atoms with E-state index < -0.39 is 0 Å². The summed E-state index contributed by atoms with van der Waals surface area (Å²) in [7, 11) is 3.76. The number of benzene rings is 1. The molecule has 1 heterocycles. The van der Waals surface area contributed by atoms with Gasteiger partial charge in [0.05, 0.1) is 24.4 Å². The molecule has 0 saturated carbocycles. The van der Waals surface area contributed by atoms with Crippen molar-refractivity contribution in [2.45, 2.75) is 25.0 Å². The maximum atomic E-state index is 6.03. The van der Waals surface area contributed by atoms with E-state index in [-0.39, 0.29) is 11.6 Å². The van der Waals surface area contributed by atoms with Gasteiger partial charge >= 0.3 is 0 Å². The number of anilines is 1. The van der Waals surface area contributed by atoms with Crippen molar-refractivity contribution in [3.63, 3.8) is 0 Å². The number of hydrogen-bond acceptors (Lipinski definition) is 4. The number of likely N-dealkylation sites (N-methyl/N-ethyl adjacent to an activating group) is 1. The molecule has 100 valence electrons. The van der Waals surface area contributed by atoms with Gasteiger partial charge < -0.3 is 20.1 Å². The number of nitrogens with two attached hydrogens (primary N) is 1. The number of para-hydroxylation sites is 2. The lowest BCUT2D eigenvalue weighted by molar-refractivity contribution is 0.0960. The van der Waals surface area contributed by atoms with Crippen molar-refractivity contribution < 1.29 is 9.47 Å². The number of rotatable bonds is 4. The van der Waals surface area contributed by atoms with Crippen molar-refractivity contribution in [3.8, 4) is 5.75 Å². The normalized spacial score (nSPS) is 27.2. The van der Waals surface area contributed by atoms with Crippen LogP contribution in [-0.4, -0.2) is 39.0 Å². The van der Waals surface area contributed by atoms with Crippen molar-refractivity contribution in [2.24, 2.45) is 5.73 Å². The molecule has 1 aromatic rings. The first-order valence-electron chi connectivity index (χ1n) is 6.34. The van der Waals surface area contributed by atoms with Gasteiger partial charge in [-0.1, -0.05) is 12.1 Å². The Morgan fingerprint density at radius 1 is 1.50 bits per heavy atom. The molecule has 4 heteroatoms. The fourth-order valence-electron chi connectivity index (χ4n) is 2.76. The van der Waals surface area contributed by atoms with Crippen molar-refractivity contribution in [2.75, 3.05) is 32.2 Å². The molecule has 1 aliphatic heterocycles. The van der Waals surface area contributed by atoms with Crippen LogP contribution in [0.25, 0.3) is 0 Å². The van der Waals surface area contributed by atoms with Crippen LogP contribution in [0.3, 0.4) is 0 Å². The van der Waals surface area contributed by atoms with E-state index in [0.717, 1.165) is 24.5 Å². The van der Waals surface area contributed by atoms with Crippen LogP contribution in [0.5, 0.6) is 5.75 Å². The highest BCUT2D eigenvalue weighted by molar-refractivity contribution is 5.60. The Morgan fingerprint density at radius 2 is 2.22 bits per heavy atom. The first-order valence-corrected chi connectivity index (χ1v) is 6.34. The Labute approximate surface area is 109 Å². The van der Waals surface area contributed by atoms with Crippen molar-refractivity contribution in [1.29, 1.82) is 0 Å². The maximum absolute atomic E-state index is 6.03. The number of ether oxygens (including phenoxy) is 2. The third-order valence-electron chi connectivity index (χ3n) is 4.13. The molecule has 1 saturated heterocycles. The van der Waals surface area contributed by atoms with Crippen LogP contribution >= 0.6 is 0 Å². The monoisotopic (exact) mass is 250 g/mol. The van der Waals surface area contributed by atoms with Crippen LogP contribution in [0, 0.1) is 0 Å². The molecule has 2 N–H and O–H groups in total. The molecule has 1 aliphatic rings. The van der Waals surface area contributed by atoms with E-state index in [1.807, 2.05) is 18.2 Å². The predicted molar refractivity (Wildman–Crippen MR) is 73.2 cm³/mol. The van der Waals surface area contributed by atoms with E-state index in [1.165, 1.54) is 0 Å². The molecule has 0 amide bonds. The third-order valence-corrected chi connectivity index (χ3v) is 4.13. The maximum Gasteiger partial charge on any atom is 0.142 e. The number of methoxy groups -OCH3 is 1. The van der Waals surface area contributed by atoms with Gasteiger partial charge in [0.15, 0.2) is 0 Å². The highest BCUT2D eigenvalue weighted by Crippen LogP contribution is 2.37. The molecule has 1 aromatic carbocycles. The summed E-state index contributed by atoms with van der Waals surface area (Å²) in [5, 5.41) is 0. The zero-order valence-corrected chi connectivity index (χ0v) is 11.3. The van der Waals surface area contributed by atoms with Crippen molar-refractivity contribution in [3.05, 3.63) is 24.3 Å². The zero-order valence-electron chi connectivity index (χ0n) is 11.3. The van der Waals surface area contributed by atoms with Crippen LogP contribution in [0.15, 0.2) is 24.3 Å². The van der Waals surface area contributed by atoms with E-state index in [0.29, 0.717) is 6.54 Å². The molecule has 2 atom stereocenters. The Morgan fingerprint density at radius 3 is 2.78 bits per heavy atom. The second-order valence-electron chi connectivity index (χ2n) is 4.80. The molecule has 2 rings (SSSR count). The summed E-state index contributed by atoms with van der Waals surface area (Å²) in [6.07, 6.45) is 1.07. The largest absolute Gasteiger partial charge is 0.495 e. The lowest BCUT2D eigenvalue weighted by atomic mass is 9.89. The van der Waals surface area contributed by atoms with Gasteiger partial charge in [0.25, 0.3) is 0 Å². The zero-order chi connectivity index (χ0) is 13.2. The lowest BCUT2D eigenvalue weighted by Gasteiger charge is -2.42. The van der Waals surface area contributed by atoms with Crippen molar-refractivity contribution in [1.82, 2.24) is 0 Å². The molecule has 0 aliphatic carbocycles. The van der Waals surface area contributed by atoms with Crippen LogP contribution in [0.4, 0.5) is 5.69 Å². The summed E-state index contributed by atoms with van der Waals surface area (Å²) in [5.74, 6) is 0.868. The Balaban J connectivity index is 2.37. The molecule has 0 spiro atoms. The highest BCUT2D eigenvalue weighted by Gasteiger charge is 2.44. The van der Waals surface area contributed by atoms with E-state index in [4.69, 9.17) is 15.2 Å². The van der Waals surface area contributed by atoms with Gasteiger partial charge in [-0.25, -0.2) is 0 Å². The van der Waals surface area contributed by atoms with Crippen LogP contribution in [0.1, 0.15) is 13.3 Å². The predicted octanol–water partition coefficient (Wildman–Crippen LogP) is 1.64. The van der Waals surface area contributed by atoms with Gasteiger partial charge in [-0.3, -0.25) is 0 Å². The number of nitrogens with zero attached hydrogens (tertiary/aromatic N) is 1. The third kappa shape index (κ3) is 1.95. The van der Waals surface area contributed by atoms with Gasteiger partial charge in [0.1, 0.15) is 5.75 Å². The van der Waals surface area contributed by atoms with Crippen LogP contribution in [0.2, 0.25) is 0 Å². The topological polar surface area (TPSA) is 47.7 Å². The standard InChI is InChI=1S/C14H22N2O2/c1-11-14(10-15,8-9-18-11)16(2)12-6-4-5-7-13(12)17-3/h4-7,11H,8-10,15H2,1-3H3. The average Bonchev–Trinajstić information content (AvgIpc) is 2.80. The van der Waals surface area contributed by atoms with Gasteiger partial charge in [0, 0.05) is 20.2 Å². The molecule has 0 bridgehead atoms. The first kappa shape index (κ1) is 13.2. The molecule has 4 nitrogen and oxygen atoms in total. The smallest absolute Gasteiger partial charge is 0.142 e. The van der Waals surface area contributed by atoms with E-state index in [9.17, 15) is 0 Å². The minimum absolute atomic E-state index is 0.123. The molecular weight excluding hydrogens is 228 g/mol. The van der Waals surface area contributed by atoms with E-state index in [1.54, 1.807) is 7.11 Å². The van der Waals surface area contributed by atoms with Crippen LogP contribution < -0.4 is 15.4 Å². The SMILES string of the molecule is COc1ccccc1N(C)C1(CN)CCOC1C. The van der Waals surface area contributed by atoms with Gasteiger partial charge in [-0.2, -0.15) is 0 Å². The quantitative estimate of drug-likeness (QED) is 0.882. The Bertz CT molecular complexity index is 411. The molecule has 0 radical (unpaired) electrons. The average molecular weight is 250 g/mol. The Hall–Kier alpha value is -1.26. The van der Waals surface area contributed by atoms with E-state index >= 15 is 0 Å². The minimum Gasteiger partial charge on any atom is -0.495 e. The summed E-state index contributed by atoms with van der Waals surface area (Å²) >= 11 is 0. The molecule has 18 heavy (non-hydrogen) atoms. The summed E-state index contributed by atoms with van der Waals surface area (Å²) in [5.41, 5.74) is 6.94. The van der Waals surface area contributed by atoms with Gasteiger partial charge in [-0.15, -0.1) is 0 Å². The molecule has 1 fully saturated rings. The summed E-state index contributed by atoms with van der Waals surface area (Å²) < 4.78 is 11.1. The fourth-order valence-corrected chi connectivity index (χ4v) is 2.76. The molecular formula is C14H22N2O2. The van der Waals surface area contributed by atoms with Crippen molar-refractivity contribution >= 4 is 5.69 Å². The van der Waals surface area contributed by atoms with Gasteiger partial charge in [0.2, 0.25) is 0 Å². The molecule has 2 unspecified atom stereocenters.